The zero-order chi connectivity index (χ0) is 12.6. The highest BCUT2D eigenvalue weighted by molar-refractivity contribution is 7.93. The first kappa shape index (κ1) is 11.1. The summed E-state index contributed by atoms with van der Waals surface area (Å²) in [5.41, 5.74) is 0.920. The molecule has 0 spiro atoms. The highest BCUT2D eigenvalue weighted by Gasteiger charge is 2.20. The molecule has 3 aromatic rings. The molecule has 92 valence electrons. The predicted molar refractivity (Wildman–Crippen MR) is 66.8 cm³/mol. The van der Waals surface area contributed by atoms with E-state index in [0.29, 0.717) is 11.0 Å². The number of imidazole rings is 1. The number of anilines is 1. The Morgan fingerprint density at radius 3 is 2.94 bits per heavy atom. The quantitative estimate of drug-likeness (QED) is 0.751. The van der Waals surface area contributed by atoms with Crippen LogP contribution in [0.25, 0.3) is 11.0 Å². The molecular weight excluding hydrogens is 274 g/mol. The van der Waals surface area contributed by atoms with E-state index in [4.69, 9.17) is 0 Å². The van der Waals surface area contributed by atoms with Gasteiger partial charge in [0.25, 0.3) is 10.0 Å². The van der Waals surface area contributed by atoms with Crippen molar-refractivity contribution in [2.75, 3.05) is 4.72 Å². The average Bonchev–Trinajstić information content (AvgIpc) is 2.97. The Bertz CT molecular complexity index is 778. The molecule has 0 atom stereocenters. The molecule has 0 aliphatic rings. The Balaban J connectivity index is 2.11. The molecule has 0 amide bonds. The first-order valence-corrected chi connectivity index (χ1v) is 7.12. The lowest BCUT2D eigenvalue weighted by atomic mass is 10.3. The fourth-order valence-corrected chi connectivity index (χ4v) is 3.25. The number of rotatable bonds is 3. The number of aromatic nitrogens is 4. The number of hydrogen-bond acceptors (Lipinski definition) is 6. The number of benzene rings is 1. The van der Waals surface area contributed by atoms with Gasteiger partial charge in [-0.15, -0.1) is 0 Å². The first-order valence-electron chi connectivity index (χ1n) is 4.90. The maximum Gasteiger partial charge on any atom is 0.266 e. The minimum absolute atomic E-state index is 0.0881. The molecule has 2 aromatic heterocycles. The third-order valence-electron chi connectivity index (χ3n) is 2.27. The second-order valence-corrected chi connectivity index (χ2v) is 5.61. The van der Waals surface area contributed by atoms with Crippen LogP contribution in [0.15, 0.2) is 35.5 Å². The number of sulfonamides is 1. The minimum atomic E-state index is -3.72. The zero-order valence-electron chi connectivity index (χ0n) is 8.86. The number of H-pyrrole nitrogens is 1. The van der Waals surface area contributed by atoms with Gasteiger partial charge in [-0.05, 0) is 12.1 Å². The summed E-state index contributed by atoms with van der Waals surface area (Å²) >= 11 is 0.975. The van der Waals surface area contributed by atoms with Crippen LogP contribution in [0.1, 0.15) is 0 Å². The third kappa shape index (κ3) is 1.83. The SMILES string of the molecule is O=S(=O)(Nc1ncc[nH]1)c1cccc2nsnc12. The summed E-state index contributed by atoms with van der Waals surface area (Å²) in [4.78, 5) is 6.57. The molecule has 18 heavy (non-hydrogen) atoms. The van der Waals surface area contributed by atoms with Gasteiger partial charge in [-0.25, -0.2) is 18.1 Å². The van der Waals surface area contributed by atoms with E-state index in [2.05, 4.69) is 23.4 Å². The van der Waals surface area contributed by atoms with Crippen LogP contribution in [0.2, 0.25) is 0 Å². The van der Waals surface area contributed by atoms with Gasteiger partial charge in [0.2, 0.25) is 5.95 Å². The summed E-state index contributed by atoms with van der Waals surface area (Å²) in [6, 6.07) is 4.82. The van der Waals surface area contributed by atoms with Crippen LogP contribution < -0.4 is 4.72 Å². The van der Waals surface area contributed by atoms with Crippen LogP contribution in [0, 0.1) is 0 Å². The Kier molecular flexibility index (Phi) is 2.49. The lowest BCUT2D eigenvalue weighted by Gasteiger charge is -2.05. The third-order valence-corrected chi connectivity index (χ3v) is 4.18. The monoisotopic (exact) mass is 281 g/mol. The molecule has 0 saturated carbocycles. The van der Waals surface area contributed by atoms with Crippen LogP contribution in [0.4, 0.5) is 5.95 Å². The molecule has 3 rings (SSSR count). The highest BCUT2D eigenvalue weighted by Crippen LogP contribution is 2.22. The fourth-order valence-electron chi connectivity index (χ4n) is 1.50. The summed E-state index contributed by atoms with van der Waals surface area (Å²) in [6.45, 7) is 0. The lowest BCUT2D eigenvalue weighted by Crippen LogP contribution is -2.14. The summed E-state index contributed by atoms with van der Waals surface area (Å²) in [5, 5.41) is 0. The molecule has 1 aromatic carbocycles. The van der Waals surface area contributed by atoms with Crippen molar-refractivity contribution in [3.05, 3.63) is 30.6 Å². The van der Waals surface area contributed by atoms with Crippen LogP contribution in [-0.2, 0) is 10.0 Å². The van der Waals surface area contributed by atoms with E-state index in [1.54, 1.807) is 12.1 Å². The molecule has 0 unspecified atom stereocenters. The van der Waals surface area contributed by atoms with E-state index in [1.807, 2.05) is 0 Å². The van der Waals surface area contributed by atoms with Gasteiger partial charge >= 0.3 is 0 Å². The van der Waals surface area contributed by atoms with Crippen LogP contribution in [0.5, 0.6) is 0 Å². The van der Waals surface area contributed by atoms with E-state index in [0.717, 1.165) is 11.7 Å². The van der Waals surface area contributed by atoms with Crippen LogP contribution >= 0.6 is 11.7 Å². The van der Waals surface area contributed by atoms with Gasteiger partial charge in [0.05, 0.1) is 11.7 Å². The van der Waals surface area contributed by atoms with E-state index >= 15 is 0 Å². The number of nitrogens with zero attached hydrogens (tertiary/aromatic N) is 3. The molecule has 7 nitrogen and oxygen atoms in total. The standard InChI is InChI=1S/C9H7N5O2S2/c15-18(16,14-9-10-4-5-11-9)7-3-1-2-6-8(7)13-17-12-6/h1-5H,(H2,10,11,14). The molecule has 2 heterocycles. The number of nitrogens with one attached hydrogen (secondary N) is 2. The normalized spacial score (nSPS) is 11.8. The predicted octanol–water partition coefficient (Wildman–Crippen LogP) is 1.22. The van der Waals surface area contributed by atoms with Gasteiger partial charge in [0.1, 0.15) is 15.9 Å². The molecule has 9 heteroatoms. The van der Waals surface area contributed by atoms with Crippen LogP contribution in [0.3, 0.4) is 0 Å². The van der Waals surface area contributed by atoms with Crippen molar-refractivity contribution in [2.24, 2.45) is 0 Å². The van der Waals surface area contributed by atoms with Crippen molar-refractivity contribution >= 4 is 38.7 Å². The molecule has 0 radical (unpaired) electrons. The van der Waals surface area contributed by atoms with Crippen LogP contribution in [-0.4, -0.2) is 27.1 Å². The van der Waals surface area contributed by atoms with Crippen molar-refractivity contribution in [3.63, 3.8) is 0 Å². The van der Waals surface area contributed by atoms with E-state index in [9.17, 15) is 8.42 Å². The summed E-state index contributed by atoms with van der Waals surface area (Å²) in [6.07, 6.45) is 2.99. The van der Waals surface area contributed by atoms with Crippen molar-refractivity contribution < 1.29 is 8.42 Å². The molecule has 0 saturated heterocycles. The Labute approximate surface area is 106 Å². The summed E-state index contributed by atoms with van der Waals surface area (Å²) < 4.78 is 34.7. The maximum atomic E-state index is 12.2. The van der Waals surface area contributed by atoms with E-state index in [-0.39, 0.29) is 10.8 Å². The first-order chi connectivity index (χ1) is 8.67. The van der Waals surface area contributed by atoms with Crippen molar-refractivity contribution in [1.29, 1.82) is 0 Å². The smallest absolute Gasteiger partial charge is 0.266 e. The number of aromatic amines is 1. The molecule has 0 bridgehead atoms. The van der Waals surface area contributed by atoms with Gasteiger partial charge in [-0.1, -0.05) is 6.07 Å². The van der Waals surface area contributed by atoms with Crippen molar-refractivity contribution in [3.8, 4) is 0 Å². The summed E-state index contributed by atoms with van der Waals surface area (Å²) in [5.74, 6) is 0.162. The van der Waals surface area contributed by atoms with Gasteiger partial charge in [-0.3, -0.25) is 0 Å². The maximum absolute atomic E-state index is 12.2. The van der Waals surface area contributed by atoms with Gasteiger partial charge in [-0.2, -0.15) is 8.75 Å². The number of hydrogen-bond donors (Lipinski definition) is 2. The molecule has 0 fully saturated rings. The largest absolute Gasteiger partial charge is 0.330 e. The molecule has 0 aliphatic heterocycles. The Morgan fingerprint density at radius 1 is 1.28 bits per heavy atom. The molecule has 0 aliphatic carbocycles. The zero-order valence-corrected chi connectivity index (χ0v) is 10.5. The van der Waals surface area contributed by atoms with Gasteiger partial charge in [0, 0.05) is 12.4 Å². The second kappa shape index (κ2) is 4.03. The van der Waals surface area contributed by atoms with E-state index < -0.39 is 10.0 Å². The Hall–Kier alpha value is -2.00. The lowest BCUT2D eigenvalue weighted by molar-refractivity contribution is 0.601. The minimum Gasteiger partial charge on any atom is -0.330 e. The number of fused-ring (bicyclic) bond motifs is 1. The van der Waals surface area contributed by atoms with Crippen molar-refractivity contribution in [1.82, 2.24) is 18.7 Å². The second-order valence-electron chi connectivity index (χ2n) is 3.43. The average molecular weight is 281 g/mol. The van der Waals surface area contributed by atoms with Gasteiger partial charge < -0.3 is 4.98 Å². The Morgan fingerprint density at radius 2 is 2.17 bits per heavy atom. The molecule has 2 N–H and O–H groups in total. The van der Waals surface area contributed by atoms with Crippen molar-refractivity contribution in [2.45, 2.75) is 4.90 Å². The topological polar surface area (TPSA) is 101 Å². The highest BCUT2D eigenvalue weighted by atomic mass is 32.2. The molecular formula is C9H7N5O2S2. The summed E-state index contributed by atoms with van der Waals surface area (Å²) in [7, 11) is -3.72. The fraction of sp³-hybridized carbons (Fsp3) is 0. The van der Waals surface area contributed by atoms with Gasteiger partial charge in [0.15, 0.2) is 0 Å². The van der Waals surface area contributed by atoms with E-state index in [1.165, 1.54) is 18.5 Å².